The van der Waals surface area contributed by atoms with E-state index < -0.39 is 6.04 Å². The van der Waals surface area contributed by atoms with Crippen LogP contribution in [0.5, 0.6) is 0 Å². The lowest BCUT2D eigenvalue weighted by molar-refractivity contribution is -0.134. The van der Waals surface area contributed by atoms with Gasteiger partial charge < -0.3 is 9.80 Å². The van der Waals surface area contributed by atoms with Gasteiger partial charge >= 0.3 is 0 Å². The van der Waals surface area contributed by atoms with Gasteiger partial charge in [-0.05, 0) is 13.0 Å². The molecular formula is C19H20N4O2S. The number of anilines is 1. The summed E-state index contributed by atoms with van der Waals surface area (Å²) >= 11 is 1.61. The molecule has 0 saturated carbocycles. The van der Waals surface area contributed by atoms with Crippen LogP contribution in [0.25, 0.3) is 5.70 Å². The van der Waals surface area contributed by atoms with E-state index in [4.69, 9.17) is 0 Å². The highest BCUT2D eigenvalue weighted by Crippen LogP contribution is 2.33. The van der Waals surface area contributed by atoms with Crippen LogP contribution in [-0.4, -0.2) is 58.8 Å². The van der Waals surface area contributed by atoms with Gasteiger partial charge in [0.05, 0.1) is 0 Å². The van der Waals surface area contributed by atoms with Gasteiger partial charge in [-0.2, -0.15) is 0 Å². The molecule has 0 unspecified atom stereocenters. The van der Waals surface area contributed by atoms with Crippen LogP contribution >= 0.6 is 11.3 Å². The molecule has 134 valence electrons. The van der Waals surface area contributed by atoms with Crippen LogP contribution in [0.2, 0.25) is 0 Å². The first-order valence-corrected chi connectivity index (χ1v) is 9.51. The van der Waals surface area contributed by atoms with E-state index in [2.05, 4.69) is 16.5 Å². The summed E-state index contributed by atoms with van der Waals surface area (Å²) in [6, 6.07) is 6.81. The predicted molar refractivity (Wildman–Crippen MR) is 102 cm³/mol. The molecule has 0 N–H and O–H groups in total. The van der Waals surface area contributed by atoms with E-state index in [1.54, 1.807) is 30.5 Å². The molecule has 0 spiro atoms. The molecule has 1 aromatic heterocycles. The van der Waals surface area contributed by atoms with Gasteiger partial charge in [0, 0.05) is 54.6 Å². The Hall–Kier alpha value is -2.67. The maximum Gasteiger partial charge on any atom is 0.259 e. The molecule has 1 saturated heterocycles. The molecule has 1 fully saturated rings. The molecule has 2 amide bonds. The molecule has 0 bridgehead atoms. The van der Waals surface area contributed by atoms with Crippen molar-refractivity contribution in [2.75, 3.05) is 31.1 Å². The van der Waals surface area contributed by atoms with E-state index in [0.717, 1.165) is 23.8 Å². The number of carbonyl (C=O) groups excluding carboxylic acids is 2. The molecular weight excluding hydrogens is 348 g/mol. The Labute approximate surface area is 156 Å². The van der Waals surface area contributed by atoms with Crippen molar-refractivity contribution in [1.82, 2.24) is 14.8 Å². The lowest BCUT2D eigenvalue weighted by Gasteiger charge is -2.37. The summed E-state index contributed by atoms with van der Waals surface area (Å²) in [5, 5.41) is 2.95. The number of fused-ring (bicyclic) bond motifs is 1. The molecule has 6 nitrogen and oxygen atoms in total. The van der Waals surface area contributed by atoms with E-state index in [0.29, 0.717) is 24.4 Å². The zero-order chi connectivity index (χ0) is 18.3. The minimum Gasteiger partial charge on any atom is -0.345 e. The Kier molecular flexibility index (Phi) is 4.24. The SMILES string of the molecule is C=C1c2ccccc2C(=O)N1[C@H](C)C(=O)N1CCN(c2nccs2)CC1. The molecule has 26 heavy (non-hydrogen) atoms. The molecule has 2 aliphatic heterocycles. The molecule has 2 aromatic rings. The number of hydrogen-bond acceptors (Lipinski definition) is 5. The summed E-state index contributed by atoms with van der Waals surface area (Å²) in [5.41, 5.74) is 2.03. The maximum atomic E-state index is 13.0. The smallest absolute Gasteiger partial charge is 0.259 e. The molecule has 7 heteroatoms. The maximum absolute atomic E-state index is 13.0. The second-order valence-electron chi connectivity index (χ2n) is 6.47. The lowest BCUT2D eigenvalue weighted by atomic mass is 10.1. The first-order valence-electron chi connectivity index (χ1n) is 8.63. The quantitative estimate of drug-likeness (QED) is 0.834. The Bertz CT molecular complexity index is 821. The molecule has 0 radical (unpaired) electrons. The van der Waals surface area contributed by atoms with Crippen molar-refractivity contribution in [3.8, 4) is 0 Å². The number of rotatable bonds is 3. The van der Waals surface area contributed by atoms with Crippen molar-refractivity contribution in [3.63, 3.8) is 0 Å². The zero-order valence-electron chi connectivity index (χ0n) is 14.6. The number of nitrogens with zero attached hydrogens (tertiary/aromatic N) is 4. The third-order valence-electron chi connectivity index (χ3n) is 5.00. The number of amides is 2. The first kappa shape index (κ1) is 16.8. The summed E-state index contributed by atoms with van der Waals surface area (Å²) < 4.78 is 0. The largest absolute Gasteiger partial charge is 0.345 e. The van der Waals surface area contributed by atoms with E-state index in [1.165, 1.54) is 4.90 Å². The first-order chi connectivity index (χ1) is 12.6. The second kappa shape index (κ2) is 6.57. The Balaban J connectivity index is 1.44. The van der Waals surface area contributed by atoms with Crippen LogP contribution in [-0.2, 0) is 4.79 Å². The average molecular weight is 368 g/mol. The van der Waals surface area contributed by atoms with Crippen molar-refractivity contribution in [2.24, 2.45) is 0 Å². The van der Waals surface area contributed by atoms with Crippen molar-refractivity contribution in [3.05, 3.63) is 53.5 Å². The fourth-order valence-electron chi connectivity index (χ4n) is 3.58. The molecule has 0 aliphatic carbocycles. The molecule has 2 aliphatic rings. The highest BCUT2D eigenvalue weighted by Gasteiger charge is 2.38. The number of benzene rings is 1. The number of piperazine rings is 1. The molecule has 3 heterocycles. The summed E-state index contributed by atoms with van der Waals surface area (Å²) in [6.45, 7) is 8.58. The number of carbonyl (C=O) groups is 2. The van der Waals surface area contributed by atoms with Crippen LogP contribution in [0.1, 0.15) is 22.8 Å². The Morgan fingerprint density at radius 3 is 2.50 bits per heavy atom. The summed E-state index contributed by atoms with van der Waals surface area (Å²) in [4.78, 5) is 35.6. The average Bonchev–Trinajstić information content (AvgIpc) is 3.29. The predicted octanol–water partition coefficient (Wildman–Crippen LogP) is 2.31. The van der Waals surface area contributed by atoms with Gasteiger partial charge in [-0.1, -0.05) is 24.8 Å². The molecule has 4 rings (SSSR count). The van der Waals surface area contributed by atoms with E-state index in [-0.39, 0.29) is 11.8 Å². The number of thiazole rings is 1. The van der Waals surface area contributed by atoms with Crippen LogP contribution < -0.4 is 4.90 Å². The van der Waals surface area contributed by atoms with Crippen molar-refractivity contribution >= 4 is 34.0 Å². The fraction of sp³-hybridized carbons (Fsp3) is 0.316. The third kappa shape index (κ3) is 2.68. The van der Waals surface area contributed by atoms with Gasteiger partial charge in [0.15, 0.2) is 5.13 Å². The molecule has 1 atom stereocenters. The van der Waals surface area contributed by atoms with Gasteiger partial charge in [-0.15, -0.1) is 11.3 Å². The topological polar surface area (TPSA) is 56.8 Å². The van der Waals surface area contributed by atoms with E-state index in [1.807, 2.05) is 28.5 Å². The van der Waals surface area contributed by atoms with E-state index >= 15 is 0 Å². The summed E-state index contributed by atoms with van der Waals surface area (Å²) in [6.07, 6.45) is 1.79. The van der Waals surface area contributed by atoms with Crippen LogP contribution in [0.4, 0.5) is 5.13 Å². The van der Waals surface area contributed by atoms with Gasteiger partial charge in [0.25, 0.3) is 5.91 Å². The monoisotopic (exact) mass is 368 g/mol. The Morgan fingerprint density at radius 2 is 1.88 bits per heavy atom. The van der Waals surface area contributed by atoms with Gasteiger partial charge in [-0.3, -0.25) is 14.5 Å². The number of aromatic nitrogens is 1. The van der Waals surface area contributed by atoms with Crippen LogP contribution in [0, 0.1) is 0 Å². The summed E-state index contributed by atoms with van der Waals surface area (Å²) in [7, 11) is 0. The lowest BCUT2D eigenvalue weighted by Crippen LogP contribution is -2.54. The van der Waals surface area contributed by atoms with Crippen molar-refractivity contribution < 1.29 is 9.59 Å². The zero-order valence-corrected chi connectivity index (χ0v) is 15.4. The minimum atomic E-state index is -0.561. The highest BCUT2D eigenvalue weighted by atomic mass is 32.1. The van der Waals surface area contributed by atoms with Gasteiger partial charge in [0.2, 0.25) is 5.91 Å². The van der Waals surface area contributed by atoms with Gasteiger partial charge in [-0.25, -0.2) is 4.98 Å². The van der Waals surface area contributed by atoms with Crippen LogP contribution in [0.15, 0.2) is 42.4 Å². The van der Waals surface area contributed by atoms with Crippen molar-refractivity contribution in [1.29, 1.82) is 0 Å². The minimum absolute atomic E-state index is 0.0360. The molecule has 1 aromatic carbocycles. The standard InChI is InChI=1S/C19H20N4O2S/c1-13-15-5-3-4-6-16(15)18(25)23(13)14(2)17(24)21-8-10-22(11-9-21)19-20-7-12-26-19/h3-7,12,14H,1,8-11H2,2H3/t14-/m1/s1. The number of hydrogen-bond donors (Lipinski definition) is 0. The highest BCUT2D eigenvalue weighted by molar-refractivity contribution is 7.13. The summed E-state index contributed by atoms with van der Waals surface area (Å²) in [5.74, 6) is -0.182. The van der Waals surface area contributed by atoms with Gasteiger partial charge in [0.1, 0.15) is 6.04 Å². The third-order valence-corrected chi connectivity index (χ3v) is 5.84. The van der Waals surface area contributed by atoms with Crippen LogP contribution in [0.3, 0.4) is 0 Å². The normalized spacial score (nSPS) is 18.3. The second-order valence-corrected chi connectivity index (χ2v) is 7.34. The Morgan fingerprint density at radius 1 is 1.19 bits per heavy atom. The van der Waals surface area contributed by atoms with Crippen molar-refractivity contribution in [2.45, 2.75) is 13.0 Å². The van der Waals surface area contributed by atoms with E-state index in [9.17, 15) is 9.59 Å². The fourth-order valence-corrected chi connectivity index (χ4v) is 4.27.